The van der Waals surface area contributed by atoms with Crippen molar-refractivity contribution >= 4 is 16.8 Å². The Morgan fingerprint density at radius 1 is 1.23 bits per heavy atom. The third-order valence-corrected chi connectivity index (χ3v) is 4.21. The van der Waals surface area contributed by atoms with Crippen LogP contribution in [0.2, 0.25) is 0 Å². The number of carbonyl (C=O) groups excluding carboxylic acids is 1. The highest BCUT2D eigenvalue weighted by Crippen LogP contribution is 2.25. The van der Waals surface area contributed by atoms with Crippen molar-refractivity contribution in [3.8, 4) is 5.69 Å². The highest BCUT2D eigenvalue weighted by atomic mass is 16.1. The Hall–Kier alpha value is -2.69. The number of ketones is 1. The number of nitrogens with one attached hydrogen (secondary N) is 1. The molecule has 2 aromatic heterocycles. The van der Waals surface area contributed by atoms with Crippen LogP contribution in [0, 0.1) is 6.92 Å². The van der Waals surface area contributed by atoms with Crippen molar-refractivity contribution < 1.29 is 4.79 Å². The number of fused-ring (bicyclic) bond motifs is 3. The number of hydrogen-bond donors (Lipinski definition) is 1. The zero-order valence-electron chi connectivity index (χ0n) is 12.2. The number of aromatic amines is 1. The Morgan fingerprint density at radius 2 is 2.09 bits per heavy atom. The van der Waals surface area contributed by atoms with E-state index in [-0.39, 0.29) is 11.3 Å². The molecule has 110 valence electrons. The fourth-order valence-corrected chi connectivity index (χ4v) is 3.14. The molecule has 5 nitrogen and oxygen atoms in total. The van der Waals surface area contributed by atoms with Gasteiger partial charge in [-0.05, 0) is 43.0 Å². The van der Waals surface area contributed by atoms with Gasteiger partial charge in [-0.3, -0.25) is 14.7 Å². The molecule has 1 aromatic carbocycles. The van der Waals surface area contributed by atoms with Gasteiger partial charge in [0, 0.05) is 18.2 Å². The van der Waals surface area contributed by atoms with E-state index in [2.05, 4.69) is 10.1 Å². The Morgan fingerprint density at radius 3 is 2.91 bits per heavy atom. The predicted molar refractivity (Wildman–Crippen MR) is 83.7 cm³/mol. The molecule has 22 heavy (non-hydrogen) atoms. The highest BCUT2D eigenvalue weighted by molar-refractivity contribution is 6.02. The van der Waals surface area contributed by atoms with Crippen molar-refractivity contribution in [3.63, 3.8) is 0 Å². The summed E-state index contributed by atoms with van der Waals surface area (Å²) in [5.74, 6) is 0.0818. The van der Waals surface area contributed by atoms with Crippen LogP contribution in [0.25, 0.3) is 16.7 Å². The molecule has 1 aliphatic rings. The first-order valence-electron chi connectivity index (χ1n) is 7.38. The molecule has 0 bridgehead atoms. The van der Waals surface area contributed by atoms with Crippen LogP contribution in [0.5, 0.6) is 0 Å². The summed E-state index contributed by atoms with van der Waals surface area (Å²) < 4.78 is 1.50. The number of rotatable bonds is 1. The van der Waals surface area contributed by atoms with Crippen LogP contribution in [0.3, 0.4) is 0 Å². The van der Waals surface area contributed by atoms with E-state index in [0.717, 1.165) is 29.7 Å². The van der Waals surface area contributed by atoms with Crippen molar-refractivity contribution in [1.29, 1.82) is 0 Å². The number of nitrogens with zero attached hydrogens (tertiary/aromatic N) is 2. The maximum absolute atomic E-state index is 12.8. The van der Waals surface area contributed by atoms with Crippen LogP contribution in [0.4, 0.5) is 0 Å². The predicted octanol–water partition coefficient (Wildman–Crippen LogP) is 2.54. The monoisotopic (exact) mass is 293 g/mol. The minimum Gasteiger partial charge on any atom is -0.294 e. The molecule has 0 radical (unpaired) electrons. The lowest BCUT2D eigenvalue weighted by Gasteiger charge is -2.13. The molecule has 3 aromatic rings. The van der Waals surface area contributed by atoms with Crippen LogP contribution in [-0.2, 0) is 6.42 Å². The van der Waals surface area contributed by atoms with Crippen molar-refractivity contribution in [3.05, 3.63) is 57.5 Å². The molecule has 0 atom stereocenters. The molecule has 0 saturated carbocycles. The van der Waals surface area contributed by atoms with Gasteiger partial charge in [-0.25, -0.2) is 9.67 Å². The molecule has 0 aliphatic heterocycles. The van der Waals surface area contributed by atoms with Gasteiger partial charge >= 0.3 is 0 Å². The Bertz CT molecular complexity index is 966. The second kappa shape index (κ2) is 4.66. The van der Waals surface area contributed by atoms with E-state index in [1.807, 2.05) is 31.2 Å². The minimum atomic E-state index is -0.139. The van der Waals surface area contributed by atoms with Crippen LogP contribution in [-0.4, -0.2) is 20.5 Å². The van der Waals surface area contributed by atoms with Crippen LogP contribution in [0.15, 0.2) is 35.3 Å². The van der Waals surface area contributed by atoms with Crippen LogP contribution < -0.4 is 5.56 Å². The van der Waals surface area contributed by atoms with E-state index in [0.29, 0.717) is 23.0 Å². The molecule has 0 unspecified atom stereocenters. The number of Topliss-reactive ketones (excluding diaryl/α,β-unsaturated/α-hetero) is 1. The fraction of sp³-hybridized carbons (Fsp3) is 0.235. The molecule has 0 fully saturated rings. The summed E-state index contributed by atoms with van der Waals surface area (Å²) in [5, 5.41) is 3.60. The summed E-state index contributed by atoms with van der Waals surface area (Å²) in [6.45, 7) is 1.98. The minimum absolute atomic E-state index is 0.0818. The van der Waals surface area contributed by atoms with Crippen molar-refractivity contribution in [1.82, 2.24) is 14.8 Å². The first-order valence-corrected chi connectivity index (χ1v) is 7.38. The largest absolute Gasteiger partial charge is 0.294 e. The number of pyridine rings is 1. The lowest BCUT2D eigenvalue weighted by Crippen LogP contribution is -2.17. The zero-order valence-corrected chi connectivity index (χ0v) is 12.2. The number of benzene rings is 1. The van der Waals surface area contributed by atoms with Gasteiger partial charge in [-0.15, -0.1) is 0 Å². The van der Waals surface area contributed by atoms with Crippen molar-refractivity contribution in [2.45, 2.75) is 26.2 Å². The average molecular weight is 293 g/mol. The summed E-state index contributed by atoms with van der Waals surface area (Å²) >= 11 is 0. The first-order chi connectivity index (χ1) is 10.6. The van der Waals surface area contributed by atoms with E-state index < -0.39 is 0 Å². The summed E-state index contributed by atoms with van der Waals surface area (Å²) in [4.78, 5) is 29.1. The van der Waals surface area contributed by atoms with Gasteiger partial charge in [-0.1, -0.05) is 12.1 Å². The van der Waals surface area contributed by atoms with Crippen molar-refractivity contribution in [2.24, 2.45) is 0 Å². The molecular weight excluding hydrogens is 278 g/mol. The Balaban J connectivity index is 2.02. The number of hydrogen-bond acceptors (Lipinski definition) is 3. The smallest absolute Gasteiger partial charge is 0.281 e. The third-order valence-electron chi connectivity index (χ3n) is 4.21. The number of carbonyl (C=O) groups is 1. The standard InChI is InChI=1S/C17H15N3O2/c1-10-4-2-5-11(8-10)20-17(22)15-12-6-3-7-14(21)13(12)9-18-16(15)19-20/h2,4-5,8-9H,3,6-7H2,1H3,(H,18,19). The van der Waals surface area contributed by atoms with Gasteiger partial charge in [-0.2, -0.15) is 0 Å². The van der Waals surface area contributed by atoms with Gasteiger partial charge in [0.05, 0.1) is 11.1 Å². The number of aromatic nitrogens is 3. The zero-order chi connectivity index (χ0) is 15.3. The van der Waals surface area contributed by atoms with E-state index >= 15 is 0 Å². The van der Waals surface area contributed by atoms with Gasteiger partial charge < -0.3 is 0 Å². The molecule has 0 amide bonds. The van der Waals surface area contributed by atoms with Crippen LogP contribution in [0.1, 0.15) is 34.3 Å². The van der Waals surface area contributed by atoms with Gasteiger partial charge in [0.2, 0.25) is 0 Å². The molecule has 1 aliphatic carbocycles. The average Bonchev–Trinajstić information content (AvgIpc) is 2.85. The van der Waals surface area contributed by atoms with Gasteiger partial charge in [0.1, 0.15) is 0 Å². The molecule has 1 N–H and O–H groups in total. The Labute approximate surface area is 126 Å². The van der Waals surface area contributed by atoms with Crippen molar-refractivity contribution in [2.75, 3.05) is 0 Å². The molecular formula is C17H15N3O2. The molecule has 0 saturated heterocycles. The summed E-state index contributed by atoms with van der Waals surface area (Å²) in [5.41, 5.74) is 3.70. The van der Waals surface area contributed by atoms with E-state index in [1.54, 1.807) is 6.20 Å². The molecule has 0 spiro atoms. The summed E-state index contributed by atoms with van der Waals surface area (Å²) in [7, 11) is 0. The summed E-state index contributed by atoms with van der Waals surface area (Å²) in [6, 6.07) is 7.71. The van der Waals surface area contributed by atoms with Gasteiger partial charge in [0.15, 0.2) is 11.4 Å². The normalized spacial score (nSPS) is 14.3. The maximum Gasteiger partial charge on any atom is 0.281 e. The number of aryl methyl sites for hydroxylation is 2. The lowest BCUT2D eigenvalue weighted by molar-refractivity contribution is 0.0972. The van der Waals surface area contributed by atoms with Gasteiger partial charge in [0.25, 0.3) is 5.56 Å². The third kappa shape index (κ3) is 1.82. The molecule has 4 rings (SSSR count). The molecule has 2 heterocycles. The van der Waals surface area contributed by atoms with E-state index in [4.69, 9.17) is 0 Å². The fourth-order valence-electron chi connectivity index (χ4n) is 3.14. The quantitative estimate of drug-likeness (QED) is 0.749. The second-order valence-corrected chi connectivity index (χ2v) is 5.74. The first kappa shape index (κ1) is 13.0. The van der Waals surface area contributed by atoms with Crippen LogP contribution >= 0.6 is 0 Å². The topological polar surface area (TPSA) is 67.8 Å². The van der Waals surface area contributed by atoms with E-state index in [9.17, 15) is 9.59 Å². The SMILES string of the molecule is Cc1cccc(-n2[nH]c3ncc4c(c3c2=O)CCCC4=O)c1. The Kier molecular flexibility index (Phi) is 2.76. The van der Waals surface area contributed by atoms with E-state index in [1.165, 1.54) is 4.68 Å². The highest BCUT2D eigenvalue weighted by Gasteiger charge is 2.23. The molecule has 5 heteroatoms. The maximum atomic E-state index is 12.8. The number of H-pyrrole nitrogens is 1. The second-order valence-electron chi connectivity index (χ2n) is 5.74. The summed E-state index contributed by atoms with van der Waals surface area (Å²) in [6.07, 6.45) is 3.67. The lowest BCUT2D eigenvalue weighted by atomic mass is 9.90.